The first-order chi connectivity index (χ1) is 7.87. The van der Waals surface area contributed by atoms with Gasteiger partial charge in [0.05, 0.1) is 27.4 Å². The van der Waals surface area contributed by atoms with E-state index in [9.17, 15) is 4.79 Å². The Kier molecular flexibility index (Phi) is 4.40. The van der Waals surface area contributed by atoms with Crippen LogP contribution in [0.5, 0.6) is 0 Å². The average Bonchev–Trinajstić information content (AvgIpc) is 2.18. The van der Waals surface area contributed by atoms with Gasteiger partial charge in [0.25, 0.3) is 5.91 Å². The molecule has 0 unspecified atom stereocenters. The first-order valence-corrected chi connectivity index (χ1v) is 5.56. The van der Waals surface area contributed by atoms with Crippen LogP contribution in [0.1, 0.15) is 11.1 Å². The van der Waals surface area contributed by atoms with E-state index in [0.29, 0.717) is 11.0 Å². The van der Waals surface area contributed by atoms with Crippen molar-refractivity contribution < 1.29 is 9.28 Å². The van der Waals surface area contributed by atoms with Gasteiger partial charge in [-0.3, -0.25) is 4.79 Å². The van der Waals surface area contributed by atoms with E-state index in [1.165, 1.54) is 5.56 Å². The molecule has 4 nitrogen and oxygen atoms in total. The molecule has 0 bridgehead atoms. The molecule has 0 aliphatic carbocycles. The zero-order valence-corrected chi connectivity index (χ0v) is 10.9. The second-order valence-corrected chi connectivity index (χ2v) is 5.15. The van der Waals surface area contributed by atoms with Gasteiger partial charge < -0.3 is 4.48 Å². The van der Waals surface area contributed by atoms with Crippen LogP contribution in [-0.2, 0) is 4.79 Å². The van der Waals surface area contributed by atoms with Crippen molar-refractivity contribution in [2.24, 2.45) is 5.10 Å². The highest BCUT2D eigenvalue weighted by atomic mass is 16.2. The van der Waals surface area contributed by atoms with Gasteiger partial charge in [0.2, 0.25) is 0 Å². The lowest BCUT2D eigenvalue weighted by Gasteiger charge is -2.21. The van der Waals surface area contributed by atoms with Crippen LogP contribution in [0.25, 0.3) is 0 Å². The van der Waals surface area contributed by atoms with Crippen LogP contribution in [0.3, 0.4) is 0 Å². The fraction of sp³-hybridized carbons (Fsp3) is 0.385. The molecule has 0 aliphatic heterocycles. The van der Waals surface area contributed by atoms with E-state index < -0.39 is 0 Å². The minimum Gasteiger partial charge on any atom is -0.323 e. The molecular formula is C13H20N3O+. The predicted octanol–water partition coefficient (Wildman–Crippen LogP) is 1.15. The van der Waals surface area contributed by atoms with E-state index in [-0.39, 0.29) is 5.91 Å². The van der Waals surface area contributed by atoms with Crippen LogP contribution in [-0.4, -0.2) is 44.3 Å². The van der Waals surface area contributed by atoms with Crippen molar-refractivity contribution in [2.75, 3.05) is 27.7 Å². The Morgan fingerprint density at radius 1 is 1.29 bits per heavy atom. The monoisotopic (exact) mass is 234 g/mol. The predicted molar refractivity (Wildman–Crippen MR) is 69.8 cm³/mol. The Bertz CT molecular complexity index is 402. The molecule has 92 valence electrons. The third kappa shape index (κ3) is 5.82. The van der Waals surface area contributed by atoms with Gasteiger partial charge >= 0.3 is 0 Å². The molecule has 1 rings (SSSR count). The van der Waals surface area contributed by atoms with Crippen molar-refractivity contribution in [3.05, 3.63) is 35.4 Å². The van der Waals surface area contributed by atoms with Crippen molar-refractivity contribution >= 4 is 12.1 Å². The highest BCUT2D eigenvalue weighted by Gasteiger charge is 2.12. The third-order valence-electron chi connectivity index (χ3n) is 2.10. The molecule has 0 radical (unpaired) electrons. The second kappa shape index (κ2) is 5.59. The Morgan fingerprint density at radius 3 is 2.41 bits per heavy atom. The summed E-state index contributed by atoms with van der Waals surface area (Å²) in [6.07, 6.45) is 1.65. The zero-order valence-electron chi connectivity index (χ0n) is 10.9. The largest absolute Gasteiger partial charge is 0.323 e. The molecule has 0 atom stereocenters. The Morgan fingerprint density at radius 2 is 1.88 bits per heavy atom. The van der Waals surface area contributed by atoms with Gasteiger partial charge in [-0.1, -0.05) is 29.8 Å². The van der Waals surface area contributed by atoms with Gasteiger partial charge in [-0.05, 0) is 12.5 Å². The molecule has 17 heavy (non-hydrogen) atoms. The molecule has 1 aromatic carbocycles. The molecule has 0 aromatic heterocycles. The lowest BCUT2D eigenvalue weighted by atomic mass is 10.2. The maximum absolute atomic E-state index is 11.5. The standard InChI is InChI=1S/C13H19N3O/c1-11-5-7-12(8-6-11)9-14-15-13(17)10-16(2,3)4/h5-9H,10H2,1-4H3/p+1/b14-9+. The molecule has 0 saturated carbocycles. The summed E-state index contributed by atoms with van der Waals surface area (Å²) >= 11 is 0. The summed E-state index contributed by atoms with van der Waals surface area (Å²) in [5.41, 5.74) is 4.70. The fourth-order valence-corrected chi connectivity index (χ4v) is 1.30. The van der Waals surface area contributed by atoms with Crippen LogP contribution in [0.4, 0.5) is 0 Å². The molecule has 1 aromatic rings. The van der Waals surface area contributed by atoms with Crippen LogP contribution in [0.2, 0.25) is 0 Å². The Hall–Kier alpha value is -1.68. The molecule has 0 fully saturated rings. The number of amides is 1. The molecular weight excluding hydrogens is 214 g/mol. The summed E-state index contributed by atoms with van der Waals surface area (Å²) in [7, 11) is 5.88. The quantitative estimate of drug-likeness (QED) is 0.474. The van der Waals surface area contributed by atoms with Gasteiger partial charge in [0, 0.05) is 0 Å². The summed E-state index contributed by atoms with van der Waals surface area (Å²) in [6, 6.07) is 7.94. The number of hydrogen-bond donors (Lipinski definition) is 1. The number of benzene rings is 1. The highest BCUT2D eigenvalue weighted by Crippen LogP contribution is 1.99. The van der Waals surface area contributed by atoms with E-state index in [4.69, 9.17) is 0 Å². The summed E-state index contributed by atoms with van der Waals surface area (Å²) < 4.78 is 0.589. The second-order valence-electron chi connectivity index (χ2n) is 5.15. The maximum Gasteiger partial charge on any atom is 0.295 e. The number of hydrazone groups is 1. The number of quaternary nitrogens is 1. The SMILES string of the molecule is Cc1ccc(/C=N/NC(=O)C[N+](C)(C)C)cc1. The van der Waals surface area contributed by atoms with Gasteiger partial charge in [-0.25, -0.2) is 5.43 Å². The lowest BCUT2D eigenvalue weighted by molar-refractivity contribution is -0.862. The maximum atomic E-state index is 11.5. The van der Waals surface area contributed by atoms with Crippen molar-refractivity contribution in [3.63, 3.8) is 0 Å². The van der Waals surface area contributed by atoms with Crippen LogP contribution in [0, 0.1) is 6.92 Å². The van der Waals surface area contributed by atoms with Gasteiger partial charge in [0.15, 0.2) is 6.54 Å². The van der Waals surface area contributed by atoms with Crippen molar-refractivity contribution in [1.29, 1.82) is 0 Å². The number of nitrogens with zero attached hydrogens (tertiary/aromatic N) is 2. The first-order valence-electron chi connectivity index (χ1n) is 5.56. The number of nitrogens with one attached hydrogen (secondary N) is 1. The molecule has 1 amide bonds. The number of hydrogen-bond acceptors (Lipinski definition) is 2. The normalized spacial score (nSPS) is 11.8. The van der Waals surface area contributed by atoms with Crippen LogP contribution < -0.4 is 5.43 Å². The zero-order chi connectivity index (χ0) is 12.9. The van der Waals surface area contributed by atoms with Crippen LogP contribution in [0.15, 0.2) is 29.4 Å². The number of likely N-dealkylation sites (N-methyl/N-ethyl adjacent to an activating group) is 1. The smallest absolute Gasteiger partial charge is 0.295 e. The van der Waals surface area contributed by atoms with Gasteiger partial charge in [-0.15, -0.1) is 0 Å². The van der Waals surface area contributed by atoms with E-state index in [1.54, 1.807) is 6.21 Å². The topological polar surface area (TPSA) is 41.5 Å². The number of carbonyl (C=O) groups excluding carboxylic acids is 1. The van der Waals surface area contributed by atoms with E-state index in [0.717, 1.165) is 5.56 Å². The van der Waals surface area contributed by atoms with E-state index in [1.807, 2.05) is 52.3 Å². The summed E-state index contributed by atoms with van der Waals surface area (Å²) in [5, 5.41) is 3.92. The van der Waals surface area contributed by atoms with Crippen molar-refractivity contribution in [3.8, 4) is 0 Å². The highest BCUT2D eigenvalue weighted by molar-refractivity contribution is 5.82. The molecule has 0 saturated heterocycles. The van der Waals surface area contributed by atoms with Gasteiger partial charge in [0.1, 0.15) is 0 Å². The summed E-state index contributed by atoms with van der Waals surface area (Å²) in [6.45, 7) is 2.44. The van der Waals surface area contributed by atoms with E-state index in [2.05, 4.69) is 10.5 Å². The Labute approximate surface area is 103 Å². The fourth-order valence-electron chi connectivity index (χ4n) is 1.30. The molecule has 4 heteroatoms. The lowest BCUT2D eigenvalue weighted by Crippen LogP contribution is -2.43. The third-order valence-corrected chi connectivity index (χ3v) is 2.10. The minimum absolute atomic E-state index is 0.0825. The Balaban J connectivity index is 2.45. The number of carbonyl (C=O) groups is 1. The number of rotatable bonds is 4. The minimum atomic E-state index is -0.0825. The molecule has 0 heterocycles. The summed E-state index contributed by atoms with van der Waals surface area (Å²) in [5.74, 6) is -0.0825. The van der Waals surface area contributed by atoms with Crippen LogP contribution >= 0.6 is 0 Å². The number of aryl methyl sites for hydroxylation is 1. The van der Waals surface area contributed by atoms with Crippen molar-refractivity contribution in [1.82, 2.24) is 5.43 Å². The van der Waals surface area contributed by atoms with Gasteiger partial charge in [-0.2, -0.15) is 5.10 Å². The summed E-state index contributed by atoms with van der Waals surface area (Å²) in [4.78, 5) is 11.5. The molecule has 1 N–H and O–H groups in total. The first kappa shape index (κ1) is 13.4. The average molecular weight is 234 g/mol. The van der Waals surface area contributed by atoms with E-state index >= 15 is 0 Å². The van der Waals surface area contributed by atoms with Crippen molar-refractivity contribution in [2.45, 2.75) is 6.92 Å². The molecule has 0 spiro atoms. The molecule has 0 aliphatic rings.